The predicted molar refractivity (Wildman–Crippen MR) is 122 cm³/mol. The number of nitro benzene ring substituents is 1. The Morgan fingerprint density at radius 3 is 2.67 bits per heavy atom. The molecular formula is C21H10BrClN4O2S. The van der Waals surface area contributed by atoms with Crippen molar-refractivity contribution in [3.63, 3.8) is 0 Å². The Labute approximate surface area is 188 Å². The first-order valence-corrected chi connectivity index (χ1v) is 10.6. The van der Waals surface area contributed by atoms with Crippen molar-refractivity contribution < 1.29 is 4.92 Å². The Morgan fingerprint density at radius 1 is 1.20 bits per heavy atom. The van der Waals surface area contributed by atoms with Crippen LogP contribution >= 0.6 is 38.9 Å². The first-order valence-electron chi connectivity index (χ1n) is 8.53. The number of benzene rings is 2. The van der Waals surface area contributed by atoms with Crippen LogP contribution in [-0.2, 0) is 0 Å². The van der Waals surface area contributed by atoms with Gasteiger partial charge in [-0.3, -0.25) is 10.1 Å². The van der Waals surface area contributed by atoms with Gasteiger partial charge in [0.05, 0.1) is 21.7 Å². The first kappa shape index (κ1) is 20.2. The Bertz CT molecular complexity index is 1360. The summed E-state index contributed by atoms with van der Waals surface area (Å²) in [6, 6.07) is 15.8. The Hall–Kier alpha value is -3.12. The molecule has 0 bridgehead atoms. The average molecular weight is 498 g/mol. The van der Waals surface area contributed by atoms with E-state index in [2.05, 4.69) is 32.0 Å². The van der Waals surface area contributed by atoms with Crippen molar-refractivity contribution >= 4 is 67.1 Å². The SMILES string of the molecule is N#CC(=Cc1cc2cc(Br)ccc2nc1Cl)c1nc(-c2ccc([N+](=O)[O-])cc2)cs1. The minimum atomic E-state index is -0.452. The third-order valence-corrected chi connectivity index (χ3v) is 5.96. The Morgan fingerprint density at radius 2 is 1.97 bits per heavy atom. The highest BCUT2D eigenvalue weighted by Gasteiger charge is 2.12. The lowest BCUT2D eigenvalue weighted by molar-refractivity contribution is -0.384. The van der Waals surface area contributed by atoms with Crippen LogP contribution in [0.2, 0.25) is 5.15 Å². The molecule has 0 aliphatic rings. The number of non-ortho nitro benzene ring substituents is 1. The highest BCUT2D eigenvalue weighted by atomic mass is 79.9. The molecule has 0 aliphatic carbocycles. The molecule has 2 heterocycles. The molecule has 0 saturated carbocycles. The van der Waals surface area contributed by atoms with Crippen molar-refractivity contribution in [1.82, 2.24) is 9.97 Å². The summed E-state index contributed by atoms with van der Waals surface area (Å²) in [5.41, 5.74) is 3.11. The Kier molecular flexibility index (Phi) is 5.59. The molecule has 9 heteroatoms. The number of pyridine rings is 1. The second-order valence-corrected chi connectivity index (χ2v) is 8.35. The Balaban J connectivity index is 1.70. The predicted octanol–water partition coefficient (Wildman–Crippen LogP) is 6.75. The molecule has 6 nitrogen and oxygen atoms in total. The maximum Gasteiger partial charge on any atom is 0.269 e. The van der Waals surface area contributed by atoms with Crippen LogP contribution in [0.25, 0.3) is 33.8 Å². The summed E-state index contributed by atoms with van der Waals surface area (Å²) < 4.78 is 0.919. The van der Waals surface area contributed by atoms with E-state index < -0.39 is 4.92 Å². The topological polar surface area (TPSA) is 92.7 Å². The van der Waals surface area contributed by atoms with Gasteiger partial charge < -0.3 is 0 Å². The molecule has 0 spiro atoms. The number of fused-ring (bicyclic) bond motifs is 1. The molecule has 0 saturated heterocycles. The molecule has 4 rings (SSSR count). The van der Waals surface area contributed by atoms with E-state index in [9.17, 15) is 15.4 Å². The van der Waals surface area contributed by atoms with Crippen molar-refractivity contribution in [2.75, 3.05) is 0 Å². The van der Waals surface area contributed by atoms with Crippen LogP contribution in [0.4, 0.5) is 5.69 Å². The van der Waals surface area contributed by atoms with E-state index in [0.717, 1.165) is 20.9 Å². The third kappa shape index (κ3) is 4.09. The van der Waals surface area contributed by atoms with Crippen LogP contribution in [0, 0.1) is 21.4 Å². The first-order chi connectivity index (χ1) is 14.4. The lowest BCUT2D eigenvalue weighted by Crippen LogP contribution is -1.88. The number of halogens is 2. The molecule has 0 unspecified atom stereocenters. The largest absolute Gasteiger partial charge is 0.269 e. The lowest BCUT2D eigenvalue weighted by atomic mass is 10.1. The molecule has 30 heavy (non-hydrogen) atoms. The summed E-state index contributed by atoms with van der Waals surface area (Å²) in [6.45, 7) is 0. The van der Waals surface area contributed by atoms with Gasteiger partial charge in [0.2, 0.25) is 0 Å². The van der Waals surface area contributed by atoms with Crippen LogP contribution in [0.5, 0.6) is 0 Å². The standard InChI is InChI=1S/C21H10BrClN4O2S/c22-16-3-6-18-13(9-16)7-14(20(23)25-18)8-15(10-24)21-26-19(11-30-21)12-1-4-17(5-2-12)27(28)29/h1-9,11H. The normalized spacial score (nSPS) is 11.4. The highest BCUT2D eigenvalue weighted by molar-refractivity contribution is 9.10. The number of rotatable bonds is 4. The smallest absolute Gasteiger partial charge is 0.258 e. The van der Waals surface area contributed by atoms with Gasteiger partial charge in [-0.05, 0) is 42.5 Å². The zero-order chi connectivity index (χ0) is 21.3. The van der Waals surface area contributed by atoms with Crippen molar-refractivity contribution in [3.05, 3.63) is 84.2 Å². The van der Waals surface area contributed by atoms with Crippen molar-refractivity contribution in [3.8, 4) is 17.3 Å². The summed E-state index contributed by atoms with van der Waals surface area (Å²) in [7, 11) is 0. The van der Waals surface area contributed by atoms with Crippen LogP contribution in [0.1, 0.15) is 10.6 Å². The number of aromatic nitrogens is 2. The molecule has 0 fully saturated rings. The van der Waals surface area contributed by atoms with Crippen LogP contribution < -0.4 is 0 Å². The van der Waals surface area contributed by atoms with E-state index in [-0.39, 0.29) is 5.69 Å². The molecular weight excluding hydrogens is 488 g/mol. The average Bonchev–Trinajstić information content (AvgIpc) is 3.22. The number of hydrogen-bond acceptors (Lipinski definition) is 6. The molecule has 0 aliphatic heterocycles. The van der Waals surface area contributed by atoms with Gasteiger partial charge in [-0.2, -0.15) is 5.26 Å². The van der Waals surface area contributed by atoms with Crippen molar-refractivity contribution in [2.45, 2.75) is 0 Å². The van der Waals surface area contributed by atoms with Gasteiger partial charge >= 0.3 is 0 Å². The summed E-state index contributed by atoms with van der Waals surface area (Å²) in [5.74, 6) is 0. The summed E-state index contributed by atoms with van der Waals surface area (Å²) in [4.78, 5) is 19.3. The van der Waals surface area contributed by atoms with E-state index in [1.54, 1.807) is 23.6 Å². The molecule has 2 aromatic carbocycles. The number of hydrogen-bond donors (Lipinski definition) is 0. The van der Waals surface area contributed by atoms with Gasteiger partial charge in [0, 0.05) is 38.5 Å². The van der Waals surface area contributed by atoms with Gasteiger partial charge in [0.15, 0.2) is 0 Å². The van der Waals surface area contributed by atoms with E-state index in [1.807, 2.05) is 24.3 Å². The number of nitro groups is 1. The summed E-state index contributed by atoms with van der Waals surface area (Å²) in [6.07, 6.45) is 1.66. The summed E-state index contributed by atoms with van der Waals surface area (Å²) in [5, 5.41) is 24.0. The molecule has 0 N–H and O–H groups in total. The van der Waals surface area contributed by atoms with Gasteiger partial charge in [-0.15, -0.1) is 11.3 Å². The zero-order valence-corrected chi connectivity index (χ0v) is 18.2. The fraction of sp³-hybridized carbons (Fsp3) is 0. The monoisotopic (exact) mass is 496 g/mol. The van der Waals surface area contributed by atoms with Crippen LogP contribution in [-0.4, -0.2) is 14.9 Å². The fourth-order valence-corrected chi connectivity index (χ4v) is 4.20. The van der Waals surface area contributed by atoms with E-state index in [1.165, 1.54) is 23.5 Å². The van der Waals surface area contributed by atoms with E-state index >= 15 is 0 Å². The minimum Gasteiger partial charge on any atom is -0.258 e. The van der Waals surface area contributed by atoms with Gasteiger partial charge in [-0.25, -0.2) is 9.97 Å². The third-order valence-electron chi connectivity index (χ3n) is 4.29. The lowest BCUT2D eigenvalue weighted by Gasteiger charge is -2.03. The second-order valence-electron chi connectivity index (χ2n) is 6.22. The number of nitriles is 1. The molecule has 0 amide bonds. The zero-order valence-electron chi connectivity index (χ0n) is 15.0. The maximum atomic E-state index is 10.8. The van der Waals surface area contributed by atoms with Gasteiger partial charge in [0.1, 0.15) is 16.2 Å². The van der Waals surface area contributed by atoms with Crippen LogP contribution in [0.3, 0.4) is 0 Å². The van der Waals surface area contributed by atoms with Crippen molar-refractivity contribution in [1.29, 1.82) is 5.26 Å². The molecule has 146 valence electrons. The van der Waals surface area contributed by atoms with Crippen LogP contribution in [0.15, 0.2) is 58.4 Å². The second kappa shape index (κ2) is 8.32. The summed E-state index contributed by atoms with van der Waals surface area (Å²) >= 11 is 11.1. The fourth-order valence-electron chi connectivity index (χ4n) is 2.82. The van der Waals surface area contributed by atoms with Crippen molar-refractivity contribution in [2.24, 2.45) is 0 Å². The van der Waals surface area contributed by atoms with Gasteiger partial charge in [0.25, 0.3) is 5.69 Å². The number of nitrogens with zero attached hydrogens (tertiary/aromatic N) is 4. The number of allylic oxidation sites excluding steroid dienone is 1. The molecule has 4 aromatic rings. The quantitative estimate of drug-likeness (QED) is 0.135. The maximum absolute atomic E-state index is 10.8. The number of thiazole rings is 1. The highest BCUT2D eigenvalue weighted by Crippen LogP contribution is 2.30. The van der Waals surface area contributed by atoms with E-state index in [4.69, 9.17) is 11.6 Å². The molecule has 0 radical (unpaired) electrons. The van der Waals surface area contributed by atoms with E-state index in [0.29, 0.717) is 27.0 Å². The molecule has 0 atom stereocenters. The van der Waals surface area contributed by atoms with Gasteiger partial charge in [-0.1, -0.05) is 27.5 Å². The minimum absolute atomic E-state index is 0.0110. The molecule has 2 aromatic heterocycles.